The predicted molar refractivity (Wildman–Crippen MR) is 79.6 cm³/mol. The lowest BCUT2D eigenvalue weighted by Gasteiger charge is -2.14. The zero-order valence-corrected chi connectivity index (χ0v) is 12.7. The lowest BCUT2D eigenvalue weighted by atomic mass is 9.92. The third-order valence-corrected chi connectivity index (χ3v) is 3.93. The second-order valence-electron chi connectivity index (χ2n) is 5.09. The molecule has 2 atom stereocenters. The van der Waals surface area contributed by atoms with E-state index in [0.29, 0.717) is 29.2 Å². The van der Waals surface area contributed by atoms with Gasteiger partial charge >= 0.3 is 0 Å². The van der Waals surface area contributed by atoms with Gasteiger partial charge in [0.05, 0.1) is 19.3 Å². The van der Waals surface area contributed by atoms with Crippen molar-refractivity contribution in [3.8, 4) is 11.8 Å². The standard InChI is InChI=1S/C16H18ClNO3/c1-20-16-7-4-11(17)9-13(16)14(10-18)15(19)6-5-12-3-2-8-21-12/h4,7,9,12,14H,2-3,5-6,8H2,1H3. The van der Waals surface area contributed by atoms with Gasteiger partial charge in [0.2, 0.25) is 0 Å². The summed E-state index contributed by atoms with van der Waals surface area (Å²) in [5.74, 6) is -0.454. The molecule has 4 nitrogen and oxygen atoms in total. The van der Waals surface area contributed by atoms with Crippen LogP contribution in [0.15, 0.2) is 18.2 Å². The van der Waals surface area contributed by atoms with Crippen molar-refractivity contribution >= 4 is 17.4 Å². The molecule has 1 aromatic rings. The number of hydrogen-bond donors (Lipinski definition) is 0. The smallest absolute Gasteiger partial charge is 0.154 e. The van der Waals surface area contributed by atoms with Crippen molar-refractivity contribution < 1.29 is 14.3 Å². The van der Waals surface area contributed by atoms with Gasteiger partial charge in [0.15, 0.2) is 5.78 Å². The van der Waals surface area contributed by atoms with Crippen LogP contribution in [0.2, 0.25) is 5.02 Å². The van der Waals surface area contributed by atoms with Gasteiger partial charge in [-0.2, -0.15) is 5.26 Å². The average Bonchev–Trinajstić information content (AvgIpc) is 2.99. The first-order valence-electron chi connectivity index (χ1n) is 7.03. The first-order valence-corrected chi connectivity index (χ1v) is 7.41. The molecule has 2 rings (SSSR count). The minimum Gasteiger partial charge on any atom is -0.496 e. The van der Waals surface area contributed by atoms with Crippen LogP contribution < -0.4 is 4.74 Å². The van der Waals surface area contributed by atoms with E-state index in [4.69, 9.17) is 21.1 Å². The SMILES string of the molecule is COc1ccc(Cl)cc1C(C#N)C(=O)CCC1CCCO1. The summed E-state index contributed by atoms with van der Waals surface area (Å²) in [5, 5.41) is 9.84. The number of hydrogen-bond acceptors (Lipinski definition) is 4. The van der Waals surface area contributed by atoms with E-state index in [1.165, 1.54) is 7.11 Å². The molecule has 5 heteroatoms. The predicted octanol–water partition coefficient (Wildman–Crippen LogP) is 3.48. The van der Waals surface area contributed by atoms with Crippen LogP contribution in [0, 0.1) is 11.3 Å². The average molecular weight is 308 g/mol. The van der Waals surface area contributed by atoms with E-state index in [-0.39, 0.29) is 11.9 Å². The van der Waals surface area contributed by atoms with E-state index in [1.54, 1.807) is 18.2 Å². The second kappa shape index (κ2) is 7.44. The molecule has 0 aromatic heterocycles. The Bertz CT molecular complexity index is 547. The van der Waals surface area contributed by atoms with Crippen LogP contribution in [0.25, 0.3) is 0 Å². The van der Waals surface area contributed by atoms with Gasteiger partial charge in [0.25, 0.3) is 0 Å². The molecule has 1 heterocycles. The molecule has 0 N–H and O–H groups in total. The van der Waals surface area contributed by atoms with Crippen molar-refractivity contribution in [1.29, 1.82) is 5.26 Å². The molecule has 0 aliphatic carbocycles. The number of ether oxygens (including phenoxy) is 2. The van der Waals surface area contributed by atoms with E-state index in [9.17, 15) is 10.1 Å². The summed E-state index contributed by atoms with van der Waals surface area (Å²) in [6, 6.07) is 7.04. The monoisotopic (exact) mass is 307 g/mol. The van der Waals surface area contributed by atoms with Gasteiger partial charge in [-0.05, 0) is 37.5 Å². The second-order valence-corrected chi connectivity index (χ2v) is 5.52. The highest BCUT2D eigenvalue weighted by Gasteiger charge is 2.25. The number of carbonyl (C=O) groups is 1. The van der Waals surface area contributed by atoms with Crippen molar-refractivity contribution in [2.24, 2.45) is 0 Å². The van der Waals surface area contributed by atoms with Gasteiger partial charge in [-0.25, -0.2) is 0 Å². The Hall–Kier alpha value is -1.57. The summed E-state index contributed by atoms with van der Waals surface area (Å²) in [6.07, 6.45) is 3.18. The Labute approximate surface area is 129 Å². The summed E-state index contributed by atoms with van der Waals surface area (Å²) >= 11 is 5.96. The maximum Gasteiger partial charge on any atom is 0.154 e. The fourth-order valence-electron chi connectivity index (χ4n) is 2.57. The number of rotatable bonds is 6. The minimum absolute atomic E-state index is 0.117. The summed E-state index contributed by atoms with van der Waals surface area (Å²) in [4.78, 5) is 12.3. The third-order valence-electron chi connectivity index (χ3n) is 3.69. The van der Waals surface area contributed by atoms with Crippen LogP contribution in [0.3, 0.4) is 0 Å². The molecule has 112 valence electrons. The molecule has 1 saturated heterocycles. The maximum atomic E-state index is 12.3. The summed E-state index contributed by atoms with van der Waals surface area (Å²) in [7, 11) is 1.51. The van der Waals surface area contributed by atoms with Crippen LogP contribution in [0.4, 0.5) is 0 Å². The largest absolute Gasteiger partial charge is 0.496 e. The quantitative estimate of drug-likeness (QED) is 0.807. The molecule has 0 amide bonds. The topological polar surface area (TPSA) is 59.3 Å². The number of nitriles is 1. The number of Topliss-reactive ketones (excluding diaryl/α,β-unsaturated/α-hetero) is 1. The highest BCUT2D eigenvalue weighted by molar-refractivity contribution is 6.30. The maximum absolute atomic E-state index is 12.3. The number of ketones is 1. The molecule has 0 saturated carbocycles. The van der Waals surface area contributed by atoms with Crippen molar-refractivity contribution in [1.82, 2.24) is 0 Å². The van der Waals surface area contributed by atoms with Gasteiger partial charge in [0.1, 0.15) is 11.7 Å². The first-order chi connectivity index (χ1) is 10.2. The number of halogens is 1. The number of carbonyl (C=O) groups excluding carboxylic acids is 1. The number of methoxy groups -OCH3 is 1. The highest BCUT2D eigenvalue weighted by atomic mass is 35.5. The number of benzene rings is 1. The van der Waals surface area contributed by atoms with Crippen molar-refractivity contribution in [3.05, 3.63) is 28.8 Å². The first kappa shape index (κ1) is 15.8. The number of nitrogens with zero attached hydrogens (tertiary/aromatic N) is 1. The van der Waals surface area contributed by atoms with Crippen LogP contribution in [0.1, 0.15) is 37.2 Å². The Balaban J connectivity index is 2.09. The molecule has 1 aliphatic heterocycles. The van der Waals surface area contributed by atoms with E-state index < -0.39 is 5.92 Å². The molecule has 1 aromatic carbocycles. The van der Waals surface area contributed by atoms with E-state index in [2.05, 4.69) is 6.07 Å². The Kier molecular flexibility index (Phi) is 5.60. The van der Waals surface area contributed by atoms with Gasteiger partial charge in [-0.1, -0.05) is 11.6 Å². The Morgan fingerprint density at radius 1 is 1.62 bits per heavy atom. The summed E-state index contributed by atoms with van der Waals surface area (Å²) in [6.45, 7) is 0.767. The zero-order chi connectivity index (χ0) is 15.2. The van der Waals surface area contributed by atoms with E-state index in [0.717, 1.165) is 19.4 Å². The van der Waals surface area contributed by atoms with Crippen LogP contribution in [-0.2, 0) is 9.53 Å². The summed E-state index contributed by atoms with van der Waals surface area (Å²) < 4.78 is 10.7. The van der Waals surface area contributed by atoms with Crippen molar-refractivity contribution in [3.63, 3.8) is 0 Å². The van der Waals surface area contributed by atoms with Crippen molar-refractivity contribution in [2.75, 3.05) is 13.7 Å². The molecule has 1 fully saturated rings. The molecular formula is C16H18ClNO3. The lowest BCUT2D eigenvalue weighted by Crippen LogP contribution is -2.15. The van der Waals surface area contributed by atoms with Gasteiger partial charge in [-0.3, -0.25) is 4.79 Å². The van der Waals surface area contributed by atoms with Gasteiger partial charge in [0, 0.05) is 23.6 Å². The van der Waals surface area contributed by atoms with E-state index >= 15 is 0 Å². The molecule has 1 aliphatic rings. The molecule has 0 radical (unpaired) electrons. The molecular weight excluding hydrogens is 290 g/mol. The van der Waals surface area contributed by atoms with Crippen LogP contribution in [-0.4, -0.2) is 25.6 Å². The zero-order valence-electron chi connectivity index (χ0n) is 12.0. The fraction of sp³-hybridized carbons (Fsp3) is 0.500. The normalized spacial score (nSPS) is 19.0. The lowest BCUT2D eigenvalue weighted by molar-refractivity contribution is -0.120. The van der Waals surface area contributed by atoms with Crippen LogP contribution >= 0.6 is 11.6 Å². The molecule has 21 heavy (non-hydrogen) atoms. The van der Waals surface area contributed by atoms with Gasteiger partial charge < -0.3 is 9.47 Å². The highest BCUT2D eigenvalue weighted by Crippen LogP contribution is 2.31. The van der Waals surface area contributed by atoms with E-state index in [1.807, 2.05) is 0 Å². The fourth-order valence-corrected chi connectivity index (χ4v) is 2.75. The molecule has 2 unspecified atom stereocenters. The Morgan fingerprint density at radius 2 is 2.43 bits per heavy atom. The minimum atomic E-state index is -0.847. The summed E-state index contributed by atoms with van der Waals surface area (Å²) in [5.41, 5.74) is 0.532. The van der Waals surface area contributed by atoms with Gasteiger partial charge in [-0.15, -0.1) is 0 Å². The van der Waals surface area contributed by atoms with Crippen LogP contribution in [0.5, 0.6) is 5.75 Å². The molecule has 0 spiro atoms. The Morgan fingerprint density at radius 3 is 3.05 bits per heavy atom. The molecule has 0 bridgehead atoms. The van der Waals surface area contributed by atoms with Crippen molar-refractivity contribution in [2.45, 2.75) is 37.7 Å². The third kappa shape index (κ3) is 3.96.